The molecule has 0 atom stereocenters. The van der Waals surface area contributed by atoms with Crippen LogP contribution in [-0.2, 0) is 6.54 Å². The Labute approximate surface area is 70.1 Å². The van der Waals surface area contributed by atoms with Crippen molar-refractivity contribution in [3.8, 4) is 5.75 Å². The Bertz CT molecular complexity index is 252. The predicted octanol–water partition coefficient (Wildman–Crippen LogP) is 1.20. The summed E-state index contributed by atoms with van der Waals surface area (Å²) in [6.07, 6.45) is 0. The Morgan fingerprint density at radius 1 is 1.64 bits per heavy atom. The molecular weight excluding hydrogens is 164 g/mol. The first-order valence-electron chi connectivity index (χ1n) is 3.17. The Kier molecular flexibility index (Phi) is 2.68. The number of rotatable bonds is 2. The van der Waals surface area contributed by atoms with Gasteiger partial charge in [0.2, 0.25) is 0 Å². The lowest BCUT2D eigenvalue weighted by Gasteiger charge is -2.02. The van der Waals surface area contributed by atoms with Gasteiger partial charge in [-0.05, 0) is 12.1 Å². The fraction of sp³-hybridized carbons (Fsp3) is 0.286. The standard InChI is InChI=1S/C7H9ClN2O/c1-11-6-3-2-5(4-9)10-7(6)8/h2-3H,4,9H2,1H3. The van der Waals surface area contributed by atoms with Crippen LogP contribution in [0.2, 0.25) is 5.15 Å². The van der Waals surface area contributed by atoms with E-state index >= 15 is 0 Å². The van der Waals surface area contributed by atoms with E-state index in [0.717, 1.165) is 5.69 Å². The molecule has 0 bridgehead atoms. The van der Waals surface area contributed by atoms with Crippen LogP contribution < -0.4 is 10.5 Å². The highest BCUT2D eigenvalue weighted by molar-refractivity contribution is 6.30. The zero-order valence-electron chi connectivity index (χ0n) is 6.17. The molecule has 0 fully saturated rings. The maximum absolute atomic E-state index is 5.72. The van der Waals surface area contributed by atoms with E-state index in [1.165, 1.54) is 0 Å². The fourth-order valence-corrected chi connectivity index (χ4v) is 0.974. The number of ether oxygens (including phenoxy) is 1. The molecule has 1 rings (SSSR count). The number of hydrogen-bond acceptors (Lipinski definition) is 3. The quantitative estimate of drug-likeness (QED) is 0.682. The van der Waals surface area contributed by atoms with E-state index in [0.29, 0.717) is 17.4 Å². The van der Waals surface area contributed by atoms with Gasteiger partial charge >= 0.3 is 0 Å². The van der Waals surface area contributed by atoms with Crippen LogP contribution in [0.15, 0.2) is 12.1 Å². The zero-order chi connectivity index (χ0) is 8.27. The summed E-state index contributed by atoms with van der Waals surface area (Å²) >= 11 is 5.72. The molecule has 11 heavy (non-hydrogen) atoms. The molecular formula is C7H9ClN2O. The summed E-state index contributed by atoms with van der Waals surface area (Å²) in [5, 5.41) is 0.357. The summed E-state index contributed by atoms with van der Waals surface area (Å²) in [5.74, 6) is 0.573. The average molecular weight is 173 g/mol. The summed E-state index contributed by atoms with van der Waals surface area (Å²) in [6.45, 7) is 0.393. The number of hydrogen-bond donors (Lipinski definition) is 1. The molecule has 60 valence electrons. The molecule has 0 amide bonds. The molecule has 0 unspecified atom stereocenters. The first kappa shape index (κ1) is 8.30. The van der Waals surface area contributed by atoms with Crippen LogP contribution >= 0.6 is 11.6 Å². The summed E-state index contributed by atoms with van der Waals surface area (Å²) in [4.78, 5) is 3.98. The van der Waals surface area contributed by atoms with E-state index in [1.807, 2.05) is 0 Å². The lowest BCUT2D eigenvalue weighted by atomic mass is 10.3. The predicted molar refractivity (Wildman–Crippen MR) is 43.7 cm³/mol. The van der Waals surface area contributed by atoms with Crippen molar-refractivity contribution in [1.82, 2.24) is 4.98 Å². The fourth-order valence-electron chi connectivity index (χ4n) is 0.725. The van der Waals surface area contributed by atoms with E-state index in [-0.39, 0.29) is 0 Å². The summed E-state index contributed by atoms with van der Waals surface area (Å²) in [5.41, 5.74) is 6.11. The normalized spacial score (nSPS) is 9.73. The second kappa shape index (κ2) is 3.55. The van der Waals surface area contributed by atoms with Gasteiger partial charge < -0.3 is 10.5 Å². The highest BCUT2D eigenvalue weighted by atomic mass is 35.5. The number of aromatic nitrogens is 1. The minimum atomic E-state index is 0.357. The van der Waals surface area contributed by atoms with E-state index in [2.05, 4.69) is 4.98 Å². The molecule has 3 nitrogen and oxygen atoms in total. The third kappa shape index (κ3) is 1.82. The molecule has 0 aliphatic carbocycles. The minimum Gasteiger partial charge on any atom is -0.494 e. The lowest BCUT2D eigenvalue weighted by Crippen LogP contribution is -1.99. The van der Waals surface area contributed by atoms with E-state index in [1.54, 1.807) is 19.2 Å². The SMILES string of the molecule is COc1ccc(CN)nc1Cl. The topological polar surface area (TPSA) is 48.1 Å². The molecule has 0 saturated heterocycles. The molecule has 0 spiro atoms. The number of nitrogens with zero attached hydrogens (tertiary/aromatic N) is 1. The molecule has 4 heteroatoms. The lowest BCUT2D eigenvalue weighted by molar-refractivity contribution is 0.413. The number of methoxy groups -OCH3 is 1. The van der Waals surface area contributed by atoms with Crippen LogP contribution in [0, 0.1) is 0 Å². The van der Waals surface area contributed by atoms with Gasteiger partial charge in [-0.25, -0.2) is 4.98 Å². The molecule has 1 heterocycles. The van der Waals surface area contributed by atoms with Crippen LogP contribution in [0.25, 0.3) is 0 Å². The third-order valence-corrected chi connectivity index (χ3v) is 1.57. The van der Waals surface area contributed by atoms with Crippen LogP contribution in [-0.4, -0.2) is 12.1 Å². The molecule has 0 aromatic carbocycles. The van der Waals surface area contributed by atoms with E-state index < -0.39 is 0 Å². The number of pyridine rings is 1. The van der Waals surface area contributed by atoms with Crippen molar-refractivity contribution in [3.05, 3.63) is 23.0 Å². The van der Waals surface area contributed by atoms with Gasteiger partial charge in [0.1, 0.15) is 0 Å². The Morgan fingerprint density at radius 2 is 2.36 bits per heavy atom. The third-order valence-electron chi connectivity index (χ3n) is 1.30. The van der Waals surface area contributed by atoms with Crippen molar-refractivity contribution in [2.75, 3.05) is 7.11 Å². The van der Waals surface area contributed by atoms with Crippen molar-refractivity contribution in [2.24, 2.45) is 5.73 Å². The number of nitrogens with two attached hydrogens (primary N) is 1. The molecule has 1 aromatic rings. The van der Waals surface area contributed by atoms with Gasteiger partial charge in [-0.2, -0.15) is 0 Å². The molecule has 0 aliphatic heterocycles. The van der Waals surface area contributed by atoms with Gasteiger partial charge in [0.25, 0.3) is 0 Å². The van der Waals surface area contributed by atoms with Crippen molar-refractivity contribution < 1.29 is 4.74 Å². The van der Waals surface area contributed by atoms with Gasteiger partial charge in [0, 0.05) is 6.54 Å². The first-order valence-corrected chi connectivity index (χ1v) is 3.55. The van der Waals surface area contributed by atoms with E-state index in [4.69, 9.17) is 22.1 Å². The molecule has 0 aliphatic rings. The molecule has 0 radical (unpaired) electrons. The van der Waals surface area contributed by atoms with Crippen molar-refractivity contribution in [2.45, 2.75) is 6.54 Å². The zero-order valence-corrected chi connectivity index (χ0v) is 6.93. The average Bonchev–Trinajstić information content (AvgIpc) is 2.04. The monoisotopic (exact) mass is 172 g/mol. The molecule has 2 N–H and O–H groups in total. The van der Waals surface area contributed by atoms with Gasteiger partial charge in [0.15, 0.2) is 10.9 Å². The van der Waals surface area contributed by atoms with Gasteiger partial charge in [-0.15, -0.1) is 0 Å². The highest BCUT2D eigenvalue weighted by Gasteiger charge is 2.00. The number of halogens is 1. The summed E-state index contributed by atoms with van der Waals surface area (Å²) in [6, 6.07) is 3.53. The Balaban J connectivity index is 2.99. The summed E-state index contributed by atoms with van der Waals surface area (Å²) in [7, 11) is 1.55. The van der Waals surface area contributed by atoms with Crippen LogP contribution in [0.5, 0.6) is 5.75 Å². The Hall–Kier alpha value is -0.800. The maximum Gasteiger partial charge on any atom is 0.171 e. The summed E-state index contributed by atoms with van der Waals surface area (Å²) < 4.78 is 4.91. The second-order valence-electron chi connectivity index (χ2n) is 2.00. The highest BCUT2D eigenvalue weighted by Crippen LogP contribution is 2.20. The van der Waals surface area contributed by atoms with Gasteiger partial charge in [-0.3, -0.25) is 0 Å². The molecule has 0 saturated carbocycles. The van der Waals surface area contributed by atoms with Crippen LogP contribution in [0.4, 0.5) is 0 Å². The van der Waals surface area contributed by atoms with Crippen molar-refractivity contribution in [3.63, 3.8) is 0 Å². The maximum atomic E-state index is 5.72. The largest absolute Gasteiger partial charge is 0.494 e. The van der Waals surface area contributed by atoms with Gasteiger partial charge in [0.05, 0.1) is 12.8 Å². The van der Waals surface area contributed by atoms with Crippen molar-refractivity contribution in [1.29, 1.82) is 0 Å². The minimum absolute atomic E-state index is 0.357. The first-order chi connectivity index (χ1) is 5.27. The van der Waals surface area contributed by atoms with Gasteiger partial charge in [-0.1, -0.05) is 11.6 Å². The van der Waals surface area contributed by atoms with Crippen molar-refractivity contribution >= 4 is 11.6 Å². The molecule has 1 aromatic heterocycles. The smallest absolute Gasteiger partial charge is 0.171 e. The van der Waals surface area contributed by atoms with Crippen LogP contribution in [0.1, 0.15) is 5.69 Å². The van der Waals surface area contributed by atoms with E-state index in [9.17, 15) is 0 Å². The second-order valence-corrected chi connectivity index (χ2v) is 2.36. The van der Waals surface area contributed by atoms with Crippen LogP contribution in [0.3, 0.4) is 0 Å². The Morgan fingerprint density at radius 3 is 2.82 bits per heavy atom.